The van der Waals surface area contributed by atoms with Crippen LogP contribution in [0.2, 0.25) is 0 Å². The normalized spacial score (nSPS) is 10.9. The fourth-order valence-corrected chi connectivity index (χ4v) is 1.79. The molecule has 3 nitrogen and oxygen atoms in total. The minimum atomic E-state index is 0.786. The number of halogens is 1. The van der Waals surface area contributed by atoms with Crippen molar-refractivity contribution in [3.8, 4) is 0 Å². The van der Waals surface area contributed by atoms with E-state index in [9.17, 15) is 0 Å². The third kappa shape index (κ3) is 1.03. The van der Waals surface area contributed by atoms with Crippen LogP contribution in [0.15, 0.2) is 16.7 Å². The standard InChI is InChI=1S/C8H8BrN3/c1-5-3-7(9)8-4-10-6(2)11-12(5)8/h3-4H,1-2H3. The number of aromatic nitrogens is 3. The van der Waals surface area contributed by atoms with Gasteiger partial charge < -0.3 is 0 Å². The van der Waals surface area contributed by atoms with E-state index in [2.05, 4.69) is 26.0 Å². The topological polar surface area (TPSA) is 30.2 Å². The molecule has 2 aromatic heterocycles. The van der Waals surface area contributed by atoms with Gasteiger partial charge >= 0.3 is 0 Å². The first-order chi connectivity index (χ1) is 5.68. The number of fused-ring (bicyclic) bond motifs is 1. The molecule has 0 atom stereocenters. The van der Waals surface area contributed by atoms with Crippen LogP contribution < -0.4 is 0 Å². The zero-order chi connectivity index (χ0) is 8.72. The molecule has 62 valence electrons. The zero-order valence-corrected chi connectivity index (χ0v) is 8.46. The molecule has 0 N–H and O–H groups in total. The van der Waals surface area contributed by atoms with Crippen LogP contribution in [0.25, 0.3) is 5.52 Å². The van der Waals surface area contributed by atoms with Crippen LogP contribution in [0, 0.1) is 13.8 Å². The van der Waals surface area contributed by atoms with Gasteiger partial charge in [-0.1, -0.05) is 0 Å². The number of hydrogen-bond acceptors (Lipinski definition) is 2. The molecule has 0 unspecified atom stereocenters. The first-order valence-electron chi connectivity index (χ1n) is 3.66. The van der Waals surface area contributed by atoms with Crippen LogP contribution in [0.5, 0.6) is 0 Å². The van der Waals surface area contributed by atoms with Gasteiger partial charge in [-0.2, -0.15) is 5.10 Å². The van der Waals surface area contributed by atoms with Crippen LogP contribution in [0.1, 0.15) is 11.5 Å². The summed E-state index contributed by atoms with van der Waals surface area (Å²) >= 11 is 3.44. The van der Waals surface area contributed by atoms with Gasteiger partial charge in [0, 0.05) is 10.2 Å². The van der Waals surface area contributed by atoms with Crippen LogP contribution in [-0.2, 0) is 0 Å². The molecule has 0 bridgehead atoms. The van der Waals surface area contributed by atoms with E-state index in [1.54, 1.807) is 0 Å². The molecule has 0 aromatic carbocycles. The Kier molecular flexibility index (Phi) is 1.65. The fourth-order valence-electron chi connectivity index (χ4n) is 1.18. The number of rotatable bonds is 0. The van der Waals surface area contributed by atoms with Crippen LogP contribution in [0.4, 0.5) is 0 Å². The summed E-state index contributed by atoms with van der Waals surface area (Å²) in [5.41, 5.74) is 2.13. The third-order valence-electron chi connectivity index (χ3n) is 1.76. The predicted molar refractivity (Wildman–Crippen MR) is 50.2 cm³/mol. The Morgan fingerprint density at radius 3 is 2.92 bits per heavy atom. The van der Waals surface area contributed by atoms with Gasteiger partial charge in [0.2, 0.25) is 0 Å². The summed E-state index contributed by atoms with van der Waals surface area (Å²) < 4.78 is 2.92. The van der Waals surface area contributed by atoms with E-state index in [1.165, 1.54) is 0 Å². The van der Waals surface area contributed by atoms with E-state index in [-0.39, 0.29) is 0 Å². The lowest BCUT2D eigenvalue weighted by Gasteiger charge is -1.96. The van der Waals surface area contributed by atoms with Crippen molar-refractivity contribution in [3.63, 3.8) is 0 Å². The van der Waals surface area contributed by atoms with E-state index >= 15 is 0 Å². The van der Waals surface area contributed by atoms with Crippen LogP contribution >= 0.6 is 15.9 Å². The lowest BCUT2D eigenvalue weighted by Crippen LogP contribution is -1.97. The van der Waals surface area contributed by atoms with Gasteiger partial charge in [0.25, 0.3) is 0 Å². The molecule has 0 spiro atoms. The molecular formula is C8H8BrN3. The Hall–Kier alpha value is -0.900. The molecule has 0 aliphatic carbocycles. The predicted octanol–water partition coefficient (Wildman–Crippen LogP) is 2.11. The highest BCUT2D eigenvalue weighted by Crippen LogP contribution is 2.20. The highest BCUT2D eigenvalue weighted by molar-refractivity contribution is 9.10. The Balaban J connectivity index is 2.90. The van der Waals surface area contributed by atoms with Crippen molar-refractivity contribution in [2.45, 2.75) is 13.8 Å². The maximum atomic E-state index is 4.27. The minimum Gasteiger partial charge on any atom is -0.238 e. The summed E-state index contributed by atoms with van der Waals surface area (Å²) in [6.45, 7) is 3.90. The first-order valence-corrected chi connectivity index (χ1v) is 4.45. The van der Waals surface area contributed by atoms with Crippen molar-refractivity contribution in [2.24, 2.45) is 0 Å². The van der Waals surface area contributed by atoms with Crippen molar-refractivity contribution in [1.82, 2.24) is 14.6 Å². The zero-order valence-electron chi connectivity index (χ0n) is 6.87. The van der Waals surface area contributed by atoms with Gasteiger partial charge in [-0.05, 0) is 35.8 Å². The van der Waals surface area contributed by atoms with Crippen molar-refractivity contribution in [2.75, 3.05) is 0 Å². The van der Waals surface area contributed by atoms with Gasteiger partial charge in [-0.15, -0.1) is 0 Å². The molecule has 0 aliphatic heterocycles. The third-order valence-corrected chi connectivity index (χ3v) is 2.40. The molecule has 0 saturated carbocycles. The minimum absolute atomic E-state index is 0.786. The molecule has 2 heterocycles. The monoisotopic (exact) mass is 225 g/mol. The van der Waals surface area contributed by atoms with Gasteiger partial charge in [0.15, 0.2) is 0 Å². The van der Waals surface area contributed by atoms with Crippen molar-refractivity contribution in [3.05, 3.63) is 28.3 Å². The Bertz CT molecular complexity index is 433. The van der Waals surface area contributed by atoms with Crippen molar-refractivity contribution >= 4 is 21.4 Å². The lowest BCUT2D eigenvalue weighted by atomic mass is 10.5. The lowest BCUT2D eigenvalue weighted by molar-refractivity contribution is 0.832. The molecule has 0 aliphatic rings. The van der Waals surface area contributed by atoms with Gasteiger partial charge in [-0.25, -0.2) is 9.50 Å². The average molecular weight is 226 g/mol. The highest BCUT2D eigenvalue weighted by atomic mass is 79.9. The summed E-state index contributed by atoms with van der Waals surface area (Å²) in [6, 6.07) is 2.03. The molecule has 0 saturated heterocycles. The molecule has 0 fully saturated rings. The van der Waals surface area contributed by atoms with E-state index in [1.807, 2.05) is 30.6 Å². The van der Waals surface area contributed by atoms with Gasteiger partial charge in [0.05, 0.1) is 11.7 Å². The highest BCUT2D eigenvalue weighted by Gasteiger charge is 2.04. The molecule has 4 heteroatoms. The Labute approximate surface area is 78.6 Å². The van der Waals surface area contributed by atoms with Gasteiger partial charge in [-0.3, -0.25) is 0 Å². The van der Waals surface area contributed by atoms with Gasteiger partial charge in [0.1, 0.15) is 5.82 Å². The van der Waals surface area contributed by atoms with Crippen molar-refractivity contribution < 1.29 is 0 Å². The number of nitrogens with zero attached hydrogens (tertiary/aromatic N) is 3. The summed E-state index contributed by atoms with van der Waals surface area (Å²) in [5.74, 6) is 0.786. The van der Waals surface area contributed by atoms with E-state index in [4.69, 9.17) is 0 Å². The van der Waals surface area contributed by atoms with Crippen molar-refractivity contribution in [1.29, 1.82) is 0 Å². The second kappa shape index (κ2) is 2.55. The SMILES string of the molecule is Cc1ncc2c(Br)cc(C)n2n1. The van der Waals surface area contributed by atoms with E-state index in [0.717, 1.165) is 21.5 Å². The van der Waals surface area contributed by atoms with Crippen LogP contribution in [-0.4, -0.2) is 14.6 Å². The maximum absolute atomic E-state index is 4.27. The first kappa shape index (κ1) is 7.73. The summed E-state index contributed by atoms with van der Waals surface area (Å²) in [4.78, 5) is 4.12. The summed E-state index contributed by atoms with van der Waals surface area (Å²) in [6.07, 6.45) is 1.82. The van der Waals surface area contributed by atoms with E-state index in [0.29, 0.717) is 0 Å². The number of hydrogen-bond donors (Lipinski definition) is 0. The average Bonchev–Trinajstić information content (AvgIpc) is 2.28. The summed E-state index contributed by atoms with van der Waals surface area (Å²) in [5, 5.41) is 4.27. The Morgan fingerprint density at radius 1 is 1.42 bits per heavy atom. The van der Waals surface area contributed by atoms with E-state index < -0.39 is 0 Å². The fraction of sp³-hybridized carbons (Fsp3) is 0.250. The summed E-state index contributed by atoms with van der Waals surface area (Å²) in [7, 11) is 0. The molecule has 0 amide bonds. The molecule has 2 aromatic rings. The molecule has 2 rings (SSSR count). The number of aryl methyl sites for hydroxylation is 2. The maximum Gasteiger partial charge on any atom is 0.146 e. The second-order valence-corrected chi connectivity index (χ2v) is 3.59. The molecule has 12 heavy (non-hydrogen) atoms. The quantitative estimate of drug-likeness (QED) is 0.688. The smallest absolute Gasteiger partial charge is 0.146 e. The molecule has 0 radical (unpaired) electrons. The molecular weight excluding hydrogens is 218 g/mol. The van der Waals surface area contributed by atoms with Crippen LogP contribution in [0.3, 0.4) is 0 Å². The second-order valence-electron chi connectivity index (χ2n) is 2.74. The largest absolute Gasteiger partial charge is 0.238 e. The Morgan fingerprint density at radius 2 is 2.17 bits per heavy atom.